The van der Waals surface area contributed by atoms with Gasteiger partial charge >= 0.3 is 12.1 Å². The summed E-state index contributed by atoms with van der Waals surface area (Å²) in [6.45, 7) is 4.14. The van der Waals surface area contributed by atoms with Gasteiger partial charge in [0.15, 0.2) is 0 Å². The largest absolute Gasteiger partial charge is 0.469 e. The Balaban J connectivity index is 2.03. The van der Waals surface area contributed by atoms with E-state index in [1.54, 1.807) is 13.8 Å². The number of likely N-dealkylation sites (tertiary alicyclic amines) is 1. The highest BCUT2D eigenvalue weighted by Crippen LogP contribution is 2.31. The van der Waals surface area contributed by atoms with Crippen molar-refractivity contribution in [2.45, 2.75) is 32.5 Å². The van der Waals surface area contributed by atoms with Crippen LogP contribution in [0.1, 0.15) is 25.8 Å². The summed E-state index contributed by atoms with van der Waals surface area (Å²) in [5.41, 5.74) is -0.101. The number of carbonyl (C=O) groups excluding carboxylic acids is 2. The van der Waals surface area contributed by atoms with E-state index in [-0.39, 0.29) is 25.0 Å². The molecule has 24 heavy (non-hydrogen) atoms. The number of carbonyl (C=O) groups is 2. The maximum atomic E-state index is 12.4. The lowest BCUT2D eigenvalue weighted by Gasteiger charge is -2.40. The van der Waals surface area contributed by atoms with Crippen LogP contribution in [0.25, 0.3) is 0 Å². The van der Waals surface area contributed by atoms with Crippen molar-refractivity contribution in [3.63, 3.8) is 0 Å². The Morgan fingerprint density at radius 1 is 1.25 bits per heavy atom. The Kier molecular flexibility index (Phi) is 5.83. The lowest BCUT2D eigenvalue weighted by molar-refractivity contribution is -0.149. The molecule has 132 valence electrons. The molecule has 6 nitrogen and oxygen atoms in total. The number of hydrogen-bond acceptors (Lipinski definition) is 5. The molecule has 0 aromatic heterocycles. The Hall–Kier alpha value is -2.08. The van der Waals surface area contributed by atoms with E-state index >= 15 is 0 Å². The first kappa shape index (κ1) is 18.3. The van der Waals surface area contributed by atoms with Crippen LogP contribution in [-0.4, -0.2) is 47.9 Å². The standard InChI is InChI=1S/C18H25NO5/c1-18(2,22)15-9-14(16(20)23-3)10-19(11-15)17(21)24-12-13-7-5-4-6-8-13/h4-8,14-15,22H,9-12H2,1-3H3. The Labute approximate surface area is 142 Å². The van der Waals surface area contributed by atoms with Gasteiger partial charge in [-0.05, 0) is 25.8 Å². The van der Waals surface area contributed by atoms with Crippen LogP contribution in [0.2, 0.25) is 0 Å². The van der Waals surface area contributed by atoms with Crippen LogP contribution in [-0.2, 0) is 20.9 Å². The normalized spacial score (nSPS) is 21.2. The summed E-state index contributed by atoms with van der Waals surface area (Å²) in [5, 5.41) is 10.3. The van der Waals surface area contributed by atoms with Gasteiger partial charge in [0.2, 0.25) is 0 Å². The molecule has 0 spiro atoms. The van der Waals surface area contributed by atoms with Crippen molar-refractivity contribution in [3.05, 3.63) is 35.9 Å². The predicted octanol–water partition coefficient (Wildman–Crippen LogP) is 2.21. The van der Waals surface area contributed by atoms with E-state index in [9.17, 15) is 14.7 Å². The molecule has 1 saturated heterocycles. The molecule has 0 radical (unpaired) electrons. The molecule has 1 N–H and O–H groups in total. The van der Waals surface area contributed by atoms with E-state index in [2.05, 4.69) is 0 Å². The number of aliphatic hydroxyl groups is 1. The first-order chi connectivity index (χ1) is 11.3. The fourth-order valence-corrected chi connectivity index (χ4v) is 2.91. The zero-order valence-corrected chi connectivity index (χ0v) is 14.4. The summed E-state index contributed by atoms with van der Waals surface area (Å²) < 4.78 is 10.2. The third-order valence-corrected chi connectivity index (χ3v) is 4.45. The monoisotopic (exact) mass is 335 g/mol. The number of hydrogen-bond donors (Lipinski definition) is 1. The van der Waals surface area contributed by atoms with Crippen LogP contribution < -0.4 is 0 Å². The average molecular weight is 335 g/mol. The molecule has 1 aliphatic heterocycles. The smallest absolute Gasteiger partial charge is 0.410 e. The van der Waals surface area contributed by atoms with Crippen LogP contribution >= 0.6 is 0 Å². The highest BCUT2D eigenvalue weighted by atomic mass is 16.6. The van der Waals surface area contributed by atoms with Crippen molar-refractivity contribution in [1.29, 1.82) is 0 Å². The Morgan fingerprint density at radius 3 is 2.50 bits per heavy atom. The number of ether oxygens (including phenoxy) is 2. The minimum Gasteiger partial charge on any atom is -0.469 e. The van der Waals surface area contributed by atoms with E-state index in [0.29, 0.717) is 13.0 Å². The van der Waals surface area contributed by atoms with Crippen molar-refractivity contribution in [1.82, 2.24) is 4.90 Å². The molecule has 1 aromatic carbocycles. The highest BCUT2D eigenvalue weighted by Gasteiger charge is 2.40. The Bertz CT molecular complexity index is 567. The van der Waals surface area contributed by atoms with E-state index in [1.807, 2.05) is 30.3 Å². The number of benzene rings is 1. The number of piperidine rings is 1. The van der Waals surface area contributed by atoms with Crippen LogP contribution in [0.4, 0.5) is 4.79 Å². The Morgan fingerprint density at radius 2 is 1.92 bits per heavy atom. The predicted molar refractivity (Wildman–Crippen MR) is 88.1 cm³/mol. The molecule has 2 rings (SSSR count). The van der Waals surface area contributed by atoms with Crippen molar-refractivity contribution in [2.75, 3.05) is 20.2 Å². The number of amides is 1. The molecule has 1 aliphatic rings. The molecule has 1 heterocycles. The highest BCUT2D eigenvalue weighted by molar-refractivity contribution is 5.74. The van der Waals surface area contributed by atoms with Crippen LogP contribution in [0.5, 0.6) is 0 Å². The SMILES string of the molecule is COC(=O)C1CC(C(C)(C)O)CN(C(=O)OCc2ccccc2)C1. The second-order valence-corrected chi connectivity index (χ2v) is 6.75. The summed E-state index contributed by atoms with van der Waals surface area (Å²) in [6.07, 6.45) is 0.000229. The number of methoxy groups -OCH3 is 1. The zero-order chi connectivity index (χ0) is 17.7. The van der Waals surface area contributed by atoms with Gasteiger partial charge in [0, 0.05) is 19.0 Å². The second kappa shape index (κ2) is 7.66. The van der Waals surface area contributed by atoms with Crippen LogP contribution in [0.15, 0.2) is 30.3 Å². The number of esters is 1. The lowest BCUT2D eigenvalue weighted by atomic mass is 9.80. The molecular weight excluding hydrogens is 310 g/mol. The van der Waals surface area contributed by atoms with Gasteiger partial charge in [-0.1, -0.05) is 30.3 Å². The second-order valence-electron chi connectivity index (χ2n) is 6.75. The lowest BCUT2D eigenvalue weighted by Crippen LogP contribution is -2.51. The minimum absolute atomic E-state index is 0.173. The summed E-state index contributed by atoms with van der Waals surface area (Å²) >= 11 is 0. The van der Waals surface area contributed by atoms with Gasteiger partial charge in [-0.15, -0.1) is 0 Å². The van der Waals surface area contributed by atoms with Crippen LogP contribution in [0, 0.1) is 11.8 Å². The molecule has 2 unspecified atom stereocenters. The van der Waals surface area contributed by atoms with E-state index in [1.165, 1.54) is 12.0 Å². The van der Waals surface area contributed by atoms with Gasteiger partial charge in [-0.2, -0.15) is 0 Å². The fraction of sp³-hybridized carbons (Fsp3) is 0.556. The van der Waals surface area contributed by atoms with Crippen molar-refractivity contribution in [3.8, 4) is 0 Å². The number of rotatable bonds is 4. The zero-order valence-electron chi connectivity index (χ0n) is 14.4. The minimum atomic E-state index is -0.995. The first-order valence-electron chi connectivity index (χ1n) is 8.07. The van der Waals surface area contributed by atoms with Crippen LogP contribution in [0.3, 0.4) is 0 Å². The third kappa shape index (κ3) is 4.71. The molecule has 1 aromatic rings. The van der Waals surface area contributed by atoms with Gasteiger partial charge in [0.1, 0.15) is 6.61 Å². The third-order valence-electron chi connectivity index (χ3n) is 4.45. The maximum absolute atomic E-state index is 12.4. The molecule has 0 aliphatic carbocycles. The molecule has 1 amide bonds. The van der Waals surface area contributed by atoms with Gasteiger partial charge in [-0.3, -0.25) is 4.79 Å². The molecule has 0 bridgehead atoms. The molecule has 6 heteroatoms. The maximum Gasteiger partial charge on any atom is 0.410 e. The fourth-order valence-electron chi connectivity index (χ4n) is 2.91. The van der Waals surface area contributed by atoms with E-state index < -0.39 is 17.6 Å². The van der Waals surface area contributed by atoms with Crippen molar-refractivity contribution in [2.24, 2.45) is 11.8 Å². The van der Waals surface area contributed by atoms with Gasteiger partial charge in [-0.25, -0.2) is 4.79 Å². The van der Waals surface area contributed by atoms with Crippen molar-refractivity contribution >= 4 is 12.1 Å². The van der Waals surface area contributed by atoms with Crippen molar-refractivity contribution < 1.29 is 24.2 Å². The van der Waals surface area contributed by atoms with E-state index in [0.717, 1.165) is 5.56 Å². The summed E-state index contributed by atoms with van der Waals surface area (Å²) in [4.78, 5) is 25.8. The van der Waals surface area contributed by atoms with Gasteiger partial charge in [0.25, 0.3) is 0 Å². The molecule has 0 saturated carbocycles. The van der Waals surface area contributed by atoms with E-state index in [4.69, 9.17) is 9.47 Å². The molecule has 1 fully saturated rings. The summed E-state index contributed by atoms with van der Waals surface area (Å²) in [7, 11) is 1.33. The summed E-state index contributed by atoms with van der Waals surface area (Å²) in [6, 6.07) is 9.40. The average Bonchev–Trinajstić information content (AvgIpc) is 2.58. The number of nitrogens with zero attached hydrogens (tertiary/aromatic N) is 1. The molecule has 2 atom stereocenters. The topological polar surface area (TPSA) is 76.1 Å². The van der Waals surface area contributed by atoms with Gasteiger partial charge in [0.05, 0.1) is 18.6 Å². The first-order valence-corrected chi connectivity index (χ1v) is 8.07. The van der Waals surface area contributed by atoms with Gasteiger partial charge < -0.3 is 19.5 Å². The summed E-state index contributed by atoms with van der Waals surface area (Å²) in [5.74, 6) is -1.05. The molecular formula is C18H25NO5. The quantitative estimate of drug-likeness (QED) is 0.854.